The Hall–Kier alpha value is -2.21. The average Bonchev–Trinajstić information content (AvgIpc) is 2.82. The zero-order chi connectivity index (χ0) is 13.4. The second-order valence-electron chi connectivity index (χ2n) is 4.07. The summed E-state index contributed by atoms with van der Waals surface area (Å²) in [6.45, 7) is 0. The molecule has 0 saturated carbocycles. The summed E-state index contributed by atoms with van der Waals surface area (Å²) >= 11 is 3.41. The van der Waals surface area contributed by atoms with E-state index in [1.807, 2.05) is 36.4 Å². The van der Waals surface area contributed by atoms with Crippen LogP contribution in [0.25, 0.3) is 16.7 Å². The molecule has 0 spiro atoms. The van der Waals surface area contributed by atoms with E-state index in [-0.39, 0.29) is 5.84 Å². The van der Waals surface area contributed by atoms with Crippen LogP contribution in [-0.4, -0.2) is 20.8 Å². The maximum atomic E-state index is 7.47. The summed E-state index contributed by atoms with van der Waals surface area (Å²) < 4.78 is 2.52. The first-order valence-electron chi connectivity index (χ1n) is 5.61. The van der Waals surface area contributed by atoms with Crippen molar-refractivity contribution < 1.29 is 0 Å². The number of nitrogens with one attached hydrogen (secondary N) is 1. The molecule has 6 heteroatoms. The van der Waals surface area contributed by atoms with Crippen molar-refractivity contribution in [2.24, 2.45) is 5.73 Å². The van der Waals surface area contributed by atoms with Gasteiger partial charge in [-0.1, -0.05) is 17.3 Å². The van der Waals surface area contributed by atoms with Gasteiger partial charge in [-0.3, -0.25) is 5.41 Å². The van der Waals surface area contributed by atoms with Gasteiger partial charge in [0.2, 0.25) is 0 Å². The first-order valence-corrected chi connectivity index (χ1v) is 6.41. The van der Waals surface area contributed by atoms with Crippen LogP contribution in [0.5, 0.6) is 0 Å². The Labute approximate surface area is 117 Å². The maximum absolute atomic E-state index is 7.47. The number of benzene rings is 2. The summed E-state index contributed by atoms with van der Waals surface area (Å²) in [4.78, 5) is 0. The minimum absolute atomic E-state index is 0.0295. The van der Waals surface area contributed by atoms with Crippen LogP contribution in [-0.2, 0) is 0 Å². The summed E-state index contributed by atoms with van der Waals surface area (Å²) in [5.41, 5.74) is 8.80. The van der Waals surface area contributed by atoms with E-state index in [0.29, 0.717) is 5.56 Å². The van der Waals surface area contributed by atoms with Gasteiger partial charge in [-0.15, -0.1) is 5.10 Å². The lowest BCUT2D eigenvalue weighted by Gasteiger charge is -2.06. The molecule has 0 unspecified atom stereocenters. The van der Waals surface area contributed by atoms with Crippen molar-refractivity contribution in [1.29, 1.82) is 5.41 Å². The molecule has 0 saturated heterocycles. The van der Waals surface area contributed by atoms with E-state index in [4.69, 9.17) is 11.1 Å². The van der Waals surface area contributed by atoms with E-state index in [2.05, 4.69) is 26.2 Å². The highest BCUT2D eigenvalue weighted by atomic mass is 79.9. The quantitative estimate of drug-likeness (QED) is 0.563. The molecule has 0 atom stereocenters. The minimum Gasteiger partial charge on any atom is -0.384 e. The Morgan fingerprint density at radius 2 is 2.00 bits per heavy atom. The molecule has 3 aromatic rings. The van der Waals surface area contributed by atoms with Gasteiger partial charge >= 0.3 is 0 Å². The molecule has 2 aromatic carbocycles. The van der Waals surface area contributed by atoms with E-state index in [1.54, 1.807) is 10.7 Å². The zero-order valence-corrected chi connectivity index (χ0v) is 11.4. The van der Waals surface area contributed by atoms with Gasteiger partial charge in [-0.2, -0.15) is 0 Å². The van der Waals surface area contributed by atoms with Crippen LogP contribution in [0.4, 0.5) is 0 Å². The van der Waals surface area contributed by atoms with E-state index >= 15 is 0 Å². The highest BCUT2D eigenvalue weighted by Crippen LogP contribution is 2.22. The van der Waals surface area contributed by atoms with Crippen molar-refractivity contribution in [3.8, 4) is 5.69 Å². The number of nitrogens with two attached hydrogens (primary N) is 1. The van der Waals surface area contributed by atoms with E-state index in [9.17, 15) is 0 Å². The monoisotopic (exact) mass is 315 g/mol. The molecule has 1 aromatic heterocycles. The van der Waals surface area contributed by atoms with Gasteiger partial charge in [0.15, 0.2) is 0 Å². The third-order valence-corrected chi connectivity index (χ3v) is 3.50. The summed E-state index contributed by atoms with van der Waals surface area (Å²) in [5, 5.41) is 15.7. The number of rotatable bonds is 2. The molecular formula is C13H10BrN5. The fraction of sp³-hybridized carbons (Fsp3) is 0. The minimum atomic E-state index is 0.0295. The van der Waals surface area contributed by atoms with Crippen molar-refractivity contribution in [1.82, 2.24) is 15.0 Å². The number of hydrogen-bond donors (Lipinski definition) is 2. The van der Waals surface area contributed by atoms with Gasteiger partial charge in [0.1, 0.15) is 11.4 Å². The fourth-order valence-corrected chi connectivity index (χ4v) is 2.49. The number of fused-ring (bicyclic) bond motifs is 1. The van der Waals surface area contributed by atoms with E-state index in [1.165, 1.54) is 0 Å². The van der Waals surface area contributed by atoms with Crippen LogP contribution in [0.15, 0.2) is 46.9 Å². The molecule has 0 aliphatic carbocycles. The molecule has 5 nitrogen and oxygen atoms in total. The number of nitrogens with zero attached hydrogens (tertiary/aromatic N) is 3. The van der Waals surface area contributed by atoms with Crippen LogP contribution >= 0.6 is 15.9 Å². The molecule has 1 heterocycles. The van der Waals surface area contributed by atoms with Crippen molar-refractivity contribution in [3.63, 3.8) is 0 Å². The van der Waals surface area contributed by atoms with Crippen molar-refractivity contribution in [2.75, 3.05) is 0 Å². The van der Waals surface area contributed by atoms with Crippen LogP contribution in [0, 0.1) is 5.41 Å². The van der Waals surface area contributed by atoms with E-state index < -0.39 is 0 Å². The summed E-state index contributed by atoms with van der Waals surface area (Å²) in [7, 11) is 0. The number of nitrogen functional groups attached to an aromatic ring is 1. The predicted octanol–water partition coefficient (Wildman–Crippen LogP) is 2.47. The van der Waals surface area contributed by atoms with Gasteiger partial charge in [0.25, 0.3) is 0 Å². The predicted molar refractivity (Wildman–Crippen MR) is 77.6 cm³/mol. The lowest BCUT2D eigenvalue weighted by Crippen LogP contribution is -2.12. The Morgan fingerprint density at radius 1 is 1.21 bits per heavy atom. The molecule has 0 aliphatic heterocycles. The smallest absolute Gasteiger partial charge is 0.123 e. The second kappa shape index (κ2) is 4.47. The van der Waals surface area contributed by atoms with Crippen LogP contribution < -0.4 is 5.73 Å². The molecule has 19 heavy (non-hydrogen) atoms. The molecule has 3 N–H and O–H groups in total. The lowest BCUT2D eigenvalue weighted by molar-refractivity contribution is 0.823. The molecule has 0 amide bonds. The third kappa shape index (κ3) is 2.00. The molecule has 0 fully saturated rings. The van der Waals surface area contributed by atoms with Gasteiger partial charge in [-0.25, -0.2) is 4.68 Å². The average molecular weight is 316 g/mol. The maximum Gasteiger partial charge on any atom is 0.123 e. The third-order valence-electron chi connectivity index (χ3n) is 2.84. The fourth-order valence-electron chi connectivity index (χ4n) is 1.91. The standard InChI is InChI=1S/C13H10BrN5/c14-10-7-8(5-6-9(10)13(15)16)19-12-4-2-1-3-11(12)17-18-19/h1-7H,(H3,15,16). The van der Waals surface area contributed by atoms with E-state index in [0.717, 1.165) is 21.2 Å². The molecular weight excluding hydrogens is 306 g/mol. The lowest BCUT2D eigenvalue weighted by atomic mass is 10.2. The Kier molecular flexibility index (Phi) is 2.79. The van der Waals surface area contributed by atoms with Crippen LogP contribution in [0.3, 0.4) is 0 Å². The van der Waals surface area contributed by atoms with Gasteiger partial charge in [0.05, 0.1) is 11.2 Å². The molecule has 0 aliphatic rings. The van der Waals surface area contributed by atoms with Gasteiger partial charge in [0, 0.05) is 10.0 Å². The zero-order valence-electron chi connectivity index (χ0n) is 9.84. The normalized spacial score (nSPS) is 10.8. The second-order valence-corrected chi connectivity index (χ2v) is 4.92. The topological polar surface area (TPSA) is 80.6 Å². The first-order chi connectivity index (χ1) is 9.16. The van der Waals surface area contributed by atoms with Gasteiger partial charge in [-0.05, 0) is 46.3 Å². The highest BCUT2D eigenvalue weighted by Gasteiger charge is 2.09. The first kappa shape index (κ1) is 11.9. The highest BCUT2D eigenvalue weighted by molar-refractivity contribution is 9.10. The SMILES string of the molecule is N=C(N)c1ccc(-n2nnc3ccccc32)cc1Br. The molecule has 94 valence electrons. The van der Waals surface area contributed by atoms with Crippen LogP contribution in [0.2, 0.25) is 0 Å². The number of hydrogen-bond acceptors (Lipinski definition) is 3. The number of aromatic nitrogens is 3. The molecule has 0 bridgehead atoms. The molecule has 0 radical (unpaired) electrons. The largest absolute Gasteiger partial charge is 0.384 e. The Bertz CT molecular complexity index is 778. The summed E-state index contributed by atoms with van der Waals surface area (Å²) in [6, 6.07) is 13.3. The van der Waals surface area contributed by atoms with Gasteiger partial charge < -0.3 is 5.73 Å². The Morgan fingerprint density at radius 3 is 2.74 bits per heavy atom. The number of amidine groups is 1. The van der Waals surface area contributed by atoms with Crippen molar-refractivity contribution >= 4 is 32.8 Å². The van der Waals surface area contributed by atoms with Crippen LogP contribution in [0.1, 0.15) is 5.56 Å². The van der Waals surface area contributed by atoms with Crippen molar-refractivity contribution in [2.45, 2.75) is 0 Å². The van der Waals surface area contributed by atoms with Crippen molar-refractivity contribution in [3.05, 3.63) is 52.5 Å². The summed E-state index contributed by atoms with van der Waals surface area (Å²) in [5.74, 6) is 0.0295. The summed E-state index contributed by atoms with van der Waals surface area (Å²) in [6.07, 6.45) is 0. The number of para-hydroxylation sites is 1. The number of halogens is 1. The Balaban J connectivity index is 2.17. The molecule has 3 rings (SSSR count).